The van der Waals surface area contributed by atoms with Gasteiger partial charge in [0, 0.05) is 0 Å². The van der Waals surface area contributed by atoms with Gasteiger partial charge in [-0.3, -0.25) is 0 Å². The predicted octanol–water partition coefficient (Wildman–Crippen LogP) is 2.55. The molecule has 1 heterocycles. The molecule has 0 unspecified atom stereocenters. The van der Waals surface area contributed by atoms with Crippen molar-refractivity contribution in [3.63, 3.8) is 0 Å². The van der Waals surface area contributed by atoms with Gasteiger partial charge in [0.1, 0.15) is 11.4 Å². The molecule has 0 amide bonds. The zero-order chi connectivity index (χ0) is 14.5. The summed E-state index contributed by atoms with van der Waals surface area (Å²) in [5, 5.41) is 11.2. The normalized spacial score (nSPS) is 12.6. The Morgan fingerprint density at radius 3 is 2.81 bits per heavy atom. The molecule has 6 nitrogen and oxygen atoms in total. The van der Waals surface area contributed by atoms with E-state index in [4.69, 9.17) is 19.5 Å². The topological polar surface area (TPSA) is 75.9 Å². The third-order valence-corrected chi connectivity index (χ3v) is 2.72. The molecule has 1 aliphatic rings. The van der Waals surface area contributed by atoms with Crippen LogP contribution < -0.4 is 19.5 Å². The molecule has 0 saturated heterocycles. The molecule has 0 aromatic heterocycles. The number of hydrogen-bond acceptors (Lipinski definition) is 5. The third-order valence-electron chi connectivity index (χ3n) is 2.72. The van der Waals surface area contributed by atoms with Crippen LogP contribution >= 0.6 is 0 Å². The van der Waals surface area contributed by atoms with Crippen LogP contribution in [0.3, 0.4) is 0 Å². The number of nitrogens with zero attached hydrogens (tertiary/aromatic N) is 2. The van der Waals surface area contributed by atoms with Crippen LogP contribution in [0.25, 0.3) is 0 Å². The van der Waals surface area contributed by atoms with Crippen LogP contribution in [0.1, 0.15) is 0 Å². The zero-order valence-electron chi connectivity index (χ0n) is 10.9. The van der Waals surface area contributed by atoms with Crippen molar-refractivity contribution in [1.29, 1.82) is 5.26 Å². The number of nitrogens with one attached hydrogen (secondary N) is 1. The first-order valence-electron chi connectivity index (χ1n) is 6.22. The number of hydrogen-bond donors (Lipinski definition) is 1. The van der Waals surface area contributed by atoms with Crippen molar-refractivity contribution in [2.24, 2.45) is 4.99 Å². The summed E-state index contributed by atoms with van der Waals surface area (Å²) >= 11 is 0. The molecule has 104 valence electrons. The monoisotopic (exact) mass is 281 g/mol. The lowest BCUT2D eigenvalue weighted by atomic mass is 10.3. The van der Waals surface area contributed by atoms with Crippen LogP contribution in [-0.2, 0) is 0 Å². The van der Waals surface area contributed by atoms with Crippen LogP contribution in [0.15, 0.2) is 53.5 Å². The van der Waals surface area contributed by atoms with E-state index in [2.05, 4.69) is 10.3 Å². The molecule has 21 heavy (non-hydrogen) atoms. The minimum atomic E-state index is 0.0626. The van der Waals surface area contributed by atoms with Gasteiger partial charge in [0.15, 0.2) is 17.7 Å². The zero-order valence-corrected chi connectivity index (χ0v) is 10.9. The molecular weight excluding hydrogens is 270 g/mol. The third kappa shape index (κ3) is 2.87. The van der Waals surface area contributed by atoms with E-state index in [1.807, 2.05) is 18.2 Å². The number of aliphatic imine (C=N–C) groups is 1. The number of ether oxygens (including phenoxy) is 3. The molecule has 6 heteroatoms. The van der Waals surface area contributed by atoms with E-state index in [-0.39, 0.29) is 12.8 Å². The van der Waals surface area contributed by atoms with Crippen molar-refractivity contribution in [3.05, 3.63) is 48.5 Å². The molecule has 0 radical (unpaired) electrons. The fraction of sp³-hybridized carbons (Fsp3) is 0.0667. The summed E-state index contributed by atoms with van der Waals surface area (Å²) in [6.45, 7) is 0.155. The summed E-state index contributed by atoms with van der Waals surface area (Å²) < 4.78 is 16.2. The quantitative estimate of drug-likeness (QED) is 0.396. The Kier molecular flexibility index (Phi) is 3.56. The van der Waals surface area contributed by atoms with Gasteiger partial charge in [-0.05, 0) is 24.3 Å². The summed E-state index contributed by atoms with van der Waals surface area (Å²) in [6.07, 6.45) is 1.80. The summed E-state index contributed by atoms with van der Waals surface area (Å²) in [7, 11) is 0. The molecule has 1 N–H and O–H groups in total. The molecule has 0 bridgehead atoms. The second kappa shape index (κ2) is 5.84. The molecular formula is C15H11N3O3. The van der Waals surface area contributed by atoms with E-state index in [1.165, 1.54) is 0 Å². The minimum Gasteiger partial charge on any atom is -0.454 e. The maximum Gasteiger partial charge on any atom is 0.309 e. The van der Waals surface area contributed by atoms with Gasteiger partial charge in [-0.2, -0.15) is 10.3 Å². The number of rotatable bonds is 2. The Hall–Kier alpha value is -3.20. The average Bonchev–Trinajstić information content (AvgIpc) is 2.98. The van der Waals surface area contributed by atoms with Gasteiger partial charge in [0.2, 0.25) is 6.79 Å². The lowest BCUT2D eigenvalue weighted by Gasteiger charge is -2.07. The molecule has 2 aromatic rings. The highest BCUT2D eigenvalue weighted by molar-refractivity contribution is 5.82. The van der Waals surface area contributed by atoms with Crippen molar-refractivity contribution in [2.45, 2.75) is 0 Å². The van der Waals surface area contributed by atoms with Crippen molar-refractivity contribution in [3.8, 4) is 23.4 Å². The van der Waals surface area contributed by atoms with Crippen molar-refractivity contribution in [1.82, 2.24) is 5.32 Å². The second-order valence-corrected chi connectivity index (χ2v) is 4.08. The van der Waals surface area contributed by atoms with E-state index >= 15 is 0 Å². The number of nitriles is 1. The molecule has 0 fully saturated rings. The standard InChI is InChI=1S/C15H11N3O3/c16-9-17-15(21-11-5-2-1-3-6-11)18-12-7-4-8-13-14(12)20-10-19-13/h1-8H,10H2,(H,17,18). The van der Waals surface area contributed by atoms with Gasteiger partial charge < -0.3 is 14.2 Å². The van der Waals surface area contributed by atoms with Gasteiger partial charge in [0.05, 0.1) is 0 Å². The Bertz CT molecular complexity index is 708. The summed E-state index contributed by atoms with van der Waals surface area (Å²) in [4.78, 5) is 4.27. The average molecular weight is 281 g/mol. The molecule has 2 aromatic carbocycles. The lowest BCUT2D eigenvalue weighted by molar-refractivity contribution is 0.174. The Morgan fingerprint density at radius 1 is 1.14 bits per heavy atom. The summed E-state index contributed by atoms with van der Waals surface area (Å²) in [5.74, 6) is 1.72. The highest BCUT2D eigenvalue weighted by Crippen LogP contribution is 2.40. The van der Waals surface area contributed by atoms with E-state index in [9.17, 15) is 0 Å². The highest BCUT2D eigenvalue weighted by Gasteiger charge is 2.17. The van der Waals surface area contributed by atoms with Crippen molar-refractivity contribution < 1.29 is 14.2 Å². The molecule has 1 aliphatic heterocycles. The summed E-state index contributed by atoms with van der Waals surface area (Å²) in [6, 6.07) is 14.5. The SMILES string of the molecule is N#CNC(=Nc1cccc2c1OCO2)Oc1ccccc1. The van der Waals surface area contributed by atoms with E-state index in [0.29, 0.717) is 22.9 Å². The molecule has 0 atom stereocenters. The van der Waals surface area contributed by atoms with Crippen molar-refractivity contribution in [2.75, 3.05) is 6.79 Å². The van der Waals surface area contributed by atoms with Crippen LogP contribution in [0, 0.1) is 11.5 Å². The molecule has 3 rings (SSSR count). The van der Waals surface area contributed by atoms with Gasteiger partial charge in [0.25, 0.3) is 0 Å². The van der Waals surface area contributed by atoms with Crippen LogP contribution in [0.4, 0.5) is 5.69 Å². The van der Waals surface area contributed by atoms with Crippen molar-refractivity contribution >= 4 is 11.7 Å². The Labute approximate surface area is 121 Å². The Morgan fingerprint density at radius 2 is 2.00 bits per heavy atom. The molecule has 0 spiro atoms. The van der Waals surface area contributed by atoms with Crippen LogP contribution in [-0.4, -0.2) is 12.8 Å². The summed E-state index contributed by atoms with van der Waals surface area (Å²) in [5.41, 5.74) is 0.527. The van der Waals surface area contributed by atoms with E-state index < -0.39 is 0 Å². The smallest absolute Gasteiger partial charge is 0.309 e. The van der Waals surface area contributed by atoms with Crippen LogP contribution in [0.2, 0.25) is 0 Å². The minimum absolute atomic E-state index is 0.0626. The number of para-hydroxylation sites is 2. The highest BCUT2D eigenvalue weighted by atomic mass is 16.7. The number of benzene rings is 2. The van der Waals surface area contributed by atoms with E-state index in [1.54, 1.807) is 36.5 Å². The first kappa shape index (κ1) is 12.8. The van der Waals surface area contributed by atoms with E-state index in [0.717, 1.165) is 0 Å². The molecule has 0 aliphatic carbocycles. The van der Waals surface area contributed by atoms with Gasteiger partial charge in [-0.15, -0.1) is 0 Å². The fourth-order valence-corrected chi connectivity index (χ4v) is 1.84. The largest absolute Gasteiger partial charge is 0.454 e. The fourth-order valence-electron chi connectivity index (χ4n) is 1.84. The first-order chi connectivity index (χ1) is 10.4. The first-order valence-corrected chi connectivity index (χ1v) is 6.22. The maximum absolute atomic E-state index is 8.81. The van der Waals surface area contributed by atoms with Gasteiger partial charge in [-0.1, -0.05) is 24.3 Å². The maximum atomic E-state index is 8.81. The van der Waals surface area contributed by atoms with Gasteiger partial charge in [-0.25, -0.2) is 5.32 Å². The number of amidine groups is 1. The molecule has 0 saturated carbocycles. The van der Waals surface area contributed by atoms with Gasteiger partial charge >= 0.3 is 6.02 Å². The van der Waals surface area contributed by atoms with Crippen LogP contribution in [0.5, 0.6) is 17.2 Å². The predicted molar refractivity (Wildman–Crippen MR) is 75.5 cm³/mol. The second-order valence-electron chi connectivity index (χ2n) is 4.08. The lowest BCUT2D eigenvalue weighted by Crippen LogP contribution is -2.24. The Balaban J connectivity index is 1.91. The number of fused-ring (bicyclic) bond motifs is 1.